The Balaban J connectivity index is 2.21. The number of hydrogen-bond acceptors (Lipinski definition) is 3. The van der Waals surface area contributed by atoms with Crippen molar-refractivity contribution >= 4 is 5.69 Å². The molecule has 0 aliphatic carbocycles. The van der Waals surface area contributed by atoms with Crippen LogP contribution in [-0.4, -0.2) is 43.7 Å². The lowest BCUT2D eigenvalue weighted by atomic mass is 10.1. The maximum Gasteiger partial charge on any atom is 0.125 e. The van der Waals surface area contributed by atoms with E-state index in [9.17, 15) is 4.39 Å². The van der Waals surface area contributed by atoms with E-state index >= 15 is 0 Å². The summed E-state index contributed by atoms with van der Waals surface area (Å²) in [7, 11) is 2.15. The molecule has 1 aromatic carbocycles. The van der Waals surface area contributed by atoms with Crippen LogP contribution in [0.2, 0.25) is 0 Å². The summed E-state index contributed by atoms with van der Waals surface area (Å²) in [4.78, 5) is 4.65. The monoisotopic (exact) mass is 265 g/mol. The quantitative estimate of drug-likeness (QED) is 0.905. The van der Waals surface area contributed by atoms with Crippen molar-refractivity contribution in [1.82, 2.24) is 4.90 Å². The highest BCUT2D eigenvalue weighted by Crippen LogP contribution is 2.24. The molecule has 19 heavy (non-hydrogen) atoms. The van der Waals surface area contributed by atoms with Gasteiger partial charge >= 0.3 is 0 Å². The number of halogens is 1. The Hall–Kier alpha value is -1.13. The molecule has 0 bridgehead atoms. The summed E-state index contributed by atoms with van der Waals surface area (Å²) in [5, 5.41) is 0. The van der Waals surface area contributed by atoms with E-state index in [2.05, 4.69) is 36.8 Å². The topological polar surface area (TPSA) is 32.5 Å². The van der Waals surface area contributed by atoms with Gasteiger partial charge in [0.25, 0.3) is 0 Å². The van der Waals surface area contributed by atoms with Gasteiger partial charge in [-0.1, -0.05) is 0 Å². The maximum atomic E-state index is 13.7. The van der Waals surface area contributed by atoms with Crippen LogP contribution in [0.15, 0.2) is 18.2 Å². The van der Waals surface area contributed by atoms with Gasteiger partial charge in [0, 0.05) is 30.9 Å². The van der Waals surface area contributed by atoms with Gasteiger partial charge < -0.3 is 10.6 Å². The molecule has 1 aliphatic rings. The third-order valence-electron chi connectivity index (χ3n) is 4.10. The molecule has 2 rings (SSSR count). The smallest absolute Gasteiger partial charge is 0.125 e. The molecule has 3 nitrogen and oxygen atoms in total. The van der Waals surface area contributed by atoms with Gasteiger partial charge in [-0.25, -0.2) is 4.39 Å². The minimum atomic E-state index is -0.166. The summed E-state index contributed by atoms with van der Waals surface area (Å²) < 4.78 is 13.7. The largest absolute Gasteiger partial charge is 0.368 e. The molecule has 1 aliphatic heterocycles. The lowest BCUT2D eigenvalue weighted by Crippen LogP contribution is -2.55. The number of benzene rings is 1. The van der Waals surface area contributed by atoms with Crippen molar-refractivity contribution in [3.05, 3.63) is 29.6 Å². The van der Waals surface area contributed by atoms with Gasteiger partial charge in [0.2, 0.25) is 0 Å². The van der Waals surface area contributed by atoms with E-state index in [-0.39, 0.29) is 5.82 Å². The highest BCUT2D eigenvalue weighted by molar-refractivity contribution is 5.50. The van der Waals surface area contributed by atoms with Crippen LogP contribution in [0.4, 0.5) is 10.1 Å². The molecule has 2 unspecified atom stereocenters. The van der Waals surface area contributed by atoms with Crippen molar-refractivity contribution in [1.29, 1.82) is 0 Å². The van der Waals surface area contributed by atoms with E-state index in [1.807, 2.05) is 0 Å². The van der Waals surface area contributed by atoms with E-state index < -0.39 is 0 Å². The zero-order valence-electron chi connectivity index (χ0n) is 12.1. The molecule has 0 saturated carbocycles. The average Bonchev–Trinajstić information content (AvgIpc) is 2.35. The number of piperazine rings is 1. The SMILES string of the molecule is CC1CN(c2cc(F)cc(CCN)c2)CC(C)N1C. The van der Waals surface area contributed by atoms with Crippen LogP contribution >= 0.6 is 0 Å². The van der Waals surface area contributed by atoms with E-state index in [4.69, 9.17) is 5.73 Å². The Kier molecular flexibility index (Phi) is 4.42. The summed E-state index contributed by atoms with van der Waals surface area (Å²) in [5.41, 5.74) is 7.52. The second kappa shape index (κ2) is 5.88. The van der Waals surface area contributed by atoms with Crippen molar-refractivity contribution in [2.24, 2.45) is 5.73 Å². The van der Waals surface area contributed by atoms with Crippen LogP contribution in [0.3, 0.4) is 0 Å². The Morgan fingerprint density at radius 1 is 1.21 bits per heavy atom. The molecule has 1 heterocycles. The summed E-state index contributed by atoms with van der Waals surface area (Å²) in [5.74, 6) is -0.166. The van der Waals surface area contributed by atoms with Crippen molar-refractivity contribution in [2.75, 3.05) is 31.6 Å². The molecule has 1 aromatic rings. The van der Waals surface area contributed by atoms with Gasteiger partial charge in [0.1, 0.15) is 5.82 Å². The van der Waals surface area contributed by atoms with E-state index in [1.165, 1.54) is 0 Å². The average molecular weight is 265 g/mol. The zero-order valence-corrected chi connectivity index (χ0v) is 12.1. The first-order chi connectivity index (χ1) is 9.01. The van der Waals surface area contributed by atoms with Crippen molar-refractivity contribution < 1.29 is 4.39 Å². The number of nitrogens with two attached hydrogens (primary N) is 1. The fourth-order valence-electron chi connectivity index (χ4n) is 2.74. The molecule has 0 amide bonds. The first kappa shape index (κ1) is 14.3. The fraction of sp³-hybridized carbons (Fsp3) is 0.600. The molecule has 1 saturated heterocycles. The van der Waals surface area contributed by atoms with E-state index in [0.717, 1.165) is 30.8 Å². The zero-order chi connectivity index (χ0) is 14.0. The highest BCUT2D eigenvalue weighted by atomic mass is 19.1. The number of rotatable bonds is 3. The predicted molar refractivity (Wildman–Crippen MR) is 78.1 cm³/mol. The maximum absolute atomic E-state index is 13.7. The van der Waals surface area contributed by atoms with Gasteiger partial charge in [0.15, 0.2) is 0 Å². The first-order valence-corrected chi connectivity index (χ1v) is 6.97. The molecule has 0 spiro atoms. The summed E-state index contributed by atoms with van der Waals surface area (Å²) in [6, 6.07) is 6.24. The van der Waals surface area contributed by atoms with Crippen LogP contribution < -0.4 is 10.6 Å². The molecule has 0 aromatic heterocycles. The minimum Gasteiger partial charge on any atom is -0.368 e. The molecule has 1 fully saturated rings. The molecule has 106 valence electrons. The Bertz CT molecular complexity index is 423. The van der Waals surface area contributed by atoms with Crippen LogP contribution in [0.25, 0.3) is 0 Å². The van der Waals surface area contributed by atoms with Gasteiger partial charge in [-0.05, 0) is 57.6 Å². The van der Waals surface area contributed by atoms with Crippen molar-refractivity contribution in [3.8, 4) is 0 Å². The van der Waals surface area contributed by atoms with Crippen LogP contribution in [0, 0.1) is 5.82 Å². The fourth-order valence-corrected chi connectivity index (χ4v) is 2.74. The lowest BCUT2D eigenvalue weighted by Gasteiger charge is -2.43. The second-order valence-electron chi connectivity index (χ2n) is 5.62. The third kappa shape index (κ3) is 3.25. The van der Waals surface area contributed by atoms with Gasteiger partial charge in [-0.3, -0.25) is 4.90 Å². The molecular formula is C15H24FN3. The Labute approximate surface area is 115 Å². The highest BCUT2D eigenvalue weighted by Gasteiger charge is 2.26. The van der Waals surface area contributed by atoms with Crippen molar-refractivity contribution in [2.45, 2.75) is 32.4 Å². The Morgan fingerprint density at radius 3 is 2.42 bits per heavy atom. The third-order valence-corrected chi connectivity index (χ3v) is 4.10. The van der Waals surface area contributed by atoms with Crippen LogP contribution in [0.1, 0.15) is 19.4 Å². The standard InChI is InChI=1S/C15H24FN3/c1-11-9-19(10-12(2)18(11)3)15-7-13(4-5-17)6-14(16)8-15/h6-8,11-12H,4-5,9-10,17H2,1-3H3. The second-order valence-corrected chi connectivity index (χ2v) is 5.62. The Morgan fingerprint density at radius 2 is 1.84 bits per heavy atom. The normalized spacial score (nSPS) is 24.8. The molecule has 2 N–H and O–H groups in total. The lowest BCUT2D eigenvalue weighted by molar-refractivity contribution is 0.170. The molecule has 0 radical (unpaired) electrons. The van der Waals surface area contributed by atoms with Crippen molar-refractivity contribution in [3.63, 3.8) is 0 Å². The number of hydrogen-bond donors (Lipinski definition) is 1. The van der Waals surface area contributed by atoms with E-state index in [1.54, 1.807) is 12.1 Å². The summed E-state index contributed by atoms with van der Waals surface area (Å²) >= 11 is 0. The molecular weight excluding hydrogens is 241 g/mol. The summed E-state index contributed by atoms with van der Waals surface area (Å²) in [6.07, 6.45) is 0.726. The van der Waals surface area contributed by atoms with Gasteiger partial charge in [0.05, 0.1) is 0 Å². The molecule has 4 heteroatoms. The molecule has 2 atom stereocenters. The first-order valence-electron chi connectivity index (χ1n) is 6.97. The minimum absolute atomic E-state index is 0.166. The summed E-state index contributed by atoms with van der Waals surface area (Å²) in [6.45, 7) is 6.85. The number of likely N-dealkylation sites (N-methyl/N-ethyl adjacent to an activating group) is 1. The van der Waals surface area contributed by atoms with Crippen LogP contribution in [0.5, 0.6) is 0 Å². The predicted octanol–water partition coefficient (Wildman–Crippen LogP) is 1.86. The van der Waals surface area contributed by atoms with Crippen LogP contribution in [-0.2, 0) is 6.42 Å². The van der Waals surface area contributed by atoms with E-state index in [0.29, 0.717) is 18.6 Å². The number of nitrogens with zero attached hydrogens (tertiary/aromatic N) is 2. The number of anilines is 1. The van der Waals surface area contributed by atoms with Gasteiger partial charge in [-0.15, -0.1) is 0 Å². The van der Waals surface area contributed by atoms with Gasteiger partial charge in [-0.2, -0.15) is 0 Å².